The molecule has 0 bridgehead atoms. The lowest BCUT2D eigenvalue weighted by Gasteiger charge is -2.00. The van der Waals surface area contributed by atoms with Crippen LogP contribution >= 0.6 is 67.8 Å². The summed E-state index contributed by atoms with van der Waals surface area (Å²) in [6.07, 6.45) is 11.6. The van der Waals surface area contributed by atoms with E-state index < -0.39 is 0 Å². The molecule has 1 rings (SSSR count). The molecule has 0 unspecified atom stereocenters. The topological polar surface area (TPSA) is 43.6 Å². The van der Waals surface area contributed by atoms with Crippen LogP contribution in [0.25, 0.3) is 0 Å². The average molecular weight is 628 g/mol. The molecule has 0 radical (unpaired) electrons. The van der Waals surface area contributed by atoms with E-state index in [-0.39, 0.29) is 0 Å². The van der Waals surface area contributed by atoms with E-state index in [4.69, 9.17) is 0 Å². The van der Waals surface area contributed by atoms with Gasteiger partial charge in [-0.2, -0.15) is 4.80 Å². The van der Waals surface area contributed by atoms with Gasteiger partial charge in [0.1, 0.15) is 0 Å². The quantitative estimate of drug-likeness (QED) is 0.229. The van der Waals surface area contributed by atoms with Gasteiger partial charge in [-0.1, -0.05) is 51.9 Å². The van der Waals surface area contributed by atoms with E-state index >= 15 is 0 Å². The zero-order chi connectivity index (χ0) is 15.5. The van der Waals surface area contributed by atoms with Crippen LogP contribution in [0.3, 0.4) is 0 Å². The van der Waals surface area contributed by atoms with E-state index in [2.05, 4.69) is 90.1 Å². The highest BCUT2D eigenvalue weighted by Gasteiger charge is 2.05. The molecule has 1 aromatic rings. The Morgan fingerprint density at radius 1 is 0.952 bits per heavy atom. The number of hydrogen-bond acceptors (Lipinski definition) is 3. The van der Waals surface area contributed by atoms with Crippen molar-refractivity contribution >= 4 is 67.8 Å². The predicted octanol–water partition coefficient (Wildman–Crippen LogP) is 5.83. The summed E-state index contributed by atoms with van der Waals surface area (Å²) in [5.41, 5.74) is 0. The minimum atomic E-state index is 0.728. The van der Waals surface area contributed by atoms with Gasteiger partial charge in [-0.15, -0.1) is 10.2 Å². The van der Waals surface area contributed by atoms with Crippen LogP contribution in [0.4, 0.5) is 0 Å². The lowest BCUT2D eigenvalue weighted by Crippen LogP contribution is -2.03. The molecule has 0 spiro atoms. The summed E-state index contributed by atoms with van der Waals surface area (Å²) in [7, 11) is 0. The van der Waals surface area contributed by atoms with Crippen LogP contribution < -0.4 is 0 Å². The Bertz CT molecular complexity index is 428. The minimum Gasteiger partial charge on any atom is -0.159 e. The molecule has 0 amide bonds. The van der Waals surface area contributed by atoms with E-state index in [9.17, 15) is 0 Å². The van der Waals surface area contributed by atoms with Crippen molar-refractivity contribution in [1.82, 2.24) is 20.2 Å². The number of aryl methyl sites for hydroxylation is 1. The van der Waals surface area contributed by atoms with Crippen LogP contribution in [-0.4, -0.2) is 20.2 Å². The van der Waals surface area contributed by atoms with Crippen molar-refractivity contribution < 1.29 is 0 Å². The van der Waals surface area contributed by atoms with Crippen molar-refractivity contribution in [3.8, 4) is 0 Å². The third-order valence-electron chi connectivity index (χ3n) is 3.23. The lowest BCUT2D eigenvalue weighted by atomic mass is 10.1. The number of unbranched alkanes of at least 4 members (excludes halogenated alkanes) is 7. The maximum atomic E-state index is 4.44. The van der Waals surface area contributed by atoms with Gasteiger partial charge in [0.15, 0.2) is 5.82 Å². The van der Waals surface area contributed by atoms with Crippen LogP contribution in [-0.2, 0) is 13.0 Å². The number of halogens is 3. The third-order valence-corrected chi connectivity index (χ3v) is 7.48. The number of tetrazole rings is 1. The van der Waals surface area contributed by atoms with Crippen LogP contribution in [0.1, 0.15) is 64.1 Å². The highest BCUT2D eigenvalue weighted by Crippen LogP contribution is 2.25. The smallest absolute Gasteiger partial charge is 0.159 e. The Morgan fingerprint density at radius 3 is 2.19 bits per heavy atom. The van der Waals surface area contributed by atoms with Crippen molar-refractivity contribution in [2.75, 3.05) is 0 Å². The van der Waals surface area contributed by atoms with Gasteiger partial charge in [-0.05, 0) is 79.4 Å². The molecular weight excluding hydrogens is 605 g/mol. The molecule has 0 aromatic carbocycles. The summed E-state index contributed by atoms with van der Waals surface area (Å²) in [6.45, 7) is 2.99. The normalized spacial score (nSPS) is 10.9. The Balaban J connectivity index is 2.13. The maximum absolute atomic E-state index is 4.44. The van der Waals surface area contributed by atoms with Gasteiger partial charge in [0.2, 0.25) is 0 Å². The molecule has 7 heteroatoms. The highest BCUT2D eigenvalue weighted by atomic mass is 127. The first kappa shape index (κ1) is 20.0. The fraction of sp³-hybridized carbons (Fsp3) is 0.786. The van der Waals surface area contributed by atoms with Crippen molar-refractivity contribution in [3.05, 3.63) is 11.0 Å². The van der Waals surface area contributed by atoms with E-state index in [1.54, 1.807) is 4.80 Å². The predicted molar refractivity (Wildman–Crippen MR) is 113 cm³/mol. The molecular formula is C14H23I3N4. The monoisotopic (exact) mass is 628 g/mol. The number of nitrogens with zero attached hydrogens (tertiary/aromatic N) is 4. The second-order valence-corrected chi connectivity index (χ2v) is 10.7. The molecule has 1 aromatic heterocycles. The Morgan fingerprint density at radius 2 is 1.57 bits per heavy atom. The molecule has 0 saturated carbocycles. The number of rotatable bonds is 11. The minimum absolute atomic E-state index is 0.728. The Hall–Kier alpha value is 1.00. The summed E-state index contributed by atoms with van der Waals surface area (Å²) in [6, 6.07) is 0. The molecule has 1 heterocycles. The largest absolute Gasteiger partial charge is 0.174 e. The van der Waals surface area contributed by atoms with E-state index in [0.29, 0.717) is 0 Å². The first-order valence-electron chi connectivity index (χ1n) is 7.59. The van der Waals surface area contributed by atoms with Gasteiger partial charge in [-0.3, -0.25) is 0 Å². The summed E-state index contributed by atoms with van der Waals surface area (Å²) in [5.74, 6) is 0.883. The number of hydrogen-bond donors (Lipinski definition) is 0. The first-order valence-corrected chi connectivity index (χ1v) is 10.8. The van der Waals surface area contributed by atoms with Crippen molar-refractivity contribution in [2.24, 2.45) is 0 Å². The first-order chi connectivity index (χ1) is 10.1. The number of allylic oxidation sites excluding steroid dienone is 1. The standard InChI is InChI=1S/C14H23I3N4/c1-2-3-4-5-6-7-8-9-10-13-18-20-21(19-13)11-12(15)14(16)17/h2-11H2,1H3. The second-order valence-electron chi connectivity index (χ2n) is 5.13. The average Bonchev–Trinajstić information content (AvgIpc) is 2.89. The number of aromatic nitrogens is 4. The third kappa shape index (κ3) is 9.67. The molecule has 0 fully saturated rings. The molecule has 0 aliphatic carbocycles. The van der Waals surface area contributed by atoms with Gasteiger partial charge < -0.3 is 0 Å². The van der Waals surface area contributed by atoms with Crippen molar-refractivity contribution in [1.29, 1.82) is 0 Å². The molecule has 0 saturated heterocycles. The summed E-state index contributed by atoms with van der Waals surface area (Å²) in [5, 5.41) is 12.7. The van der Waals surface area contributed by atoms with Crippen LogP contribution in [0.2, 0.25) is 0 Å². The molecule has 0 N–H and O–H groups in total. The summed E-state index contributed by atoms with van der Waals surface area (Å²) >= 11 is 6.96. The molecule has 4 nitrogen and oxygen atoms in total. The van der Waals surface area contributed by atoms with Gasteiger partial charge in [0, 0.05) is 10.0 Å². The zero-order valence-corrected chi connectivity index (χ0v) is 19.0. The van der Waals surface area contributed by atoms with E-state index in [1.165, 1.54) is 56.5 Å². The zero-order valence-electron chi connectivity index (χ0n) is 12.5. The lowest BCUT2D eigenvalue weighted by molar-refractivity contribution is 0.565. The highest BCUT2D eigenvalue weighted by molar-refractivity contribution is 14.2. The van der Waals surface area contributed by atoms with Crippen LogP contribution in [0.5, 0.6) is 0 Å². The molecule has 21 heavy (non-hydrogen) atoms. The van der Waals surface area contributed by atoms with Crippen LogP contribution in [0, 0.1) is 0 Å². The molecule has 120 valence electrons. The molecule has 0 aliphatic heterocycles. The molecule has 0 aliphatic rings. The fourth-order valence-electron chi connectivity index (χ4n) is 2.04. The SMILES string of the molecule is CCCCCCCCCCc1nnn(CC(I)=C(I)I)n1. The fourth-order valence-corrected chi connectivity index (χ4v) is 2.69. The van der Waals surface area contributed by atoms with Gasteiger partial charge in [-0.25, -0.2) is 0 Å². The Kier molecular flexibility index (Phi) is 11.9. The van der Waals surface area contributed by atoms with E-state index in [0.717, 1.165) is 18.8 Å². The summed E-state index contributed by atoms with van der Waals surface area (Å²) < 4.78 is 2.51. The van der Waals surface area contributed by atoms with Gasteiger partial charge >= 0.3 is 0 Å². The van der Waals surface area contributed by atoms with Gasteiger partial charge in [0.05, 0.1) is 8.13 Å². The van der Waals surface area contributed by atoms with E-state index in [1.807, 2.05) is 0 Å². The van der Waals surface area contributed by atoms with Crippen molar-refractivity contribution in [2.45, 2.75) is 71.3 Å². The van der Waals surface area contributed by atoms with Crippen LogP contribution in [0.15, 0.2) is 5.17 Å². The summed E-state index contributed by atoms with van der Waals surface area (Å²) in [4.78, 5) is 1.69. The Labute approximate surface area is 168 Å². The van der Waals surface area contributed by atoms with Gasteiger partial charge in [0.25, 0.3) is 0 Å². The van der Waals surface area contributed by atoms with Crippen molar-refractivity contribution in [3.63, 3.8) is 0 Å². The maximum Gasteiger partial charge on any atom is 0.174 e. The molecule has 0 atom stereocenters. The second kappa shape index (κ2) is 12.4.